The summed E-state index contributed by atoms with van der Waals surface area (Å²) in [6.07, 6.45) is 10.5. The van der Waals surface area contributed by atoms with Crippen molar-refractivity contribution in [2.24, 2.45) is 0 Å². The molecular weight excluding hydrogens is 482 g/mol. The second kappa shape index (κ2) is 11.0. The number of allylic oxidation sites excluding steroid dienone is 5. The fourth-order valence-corrected chi connectivity index (χ4v) is 5.35. The summed E-state index contributed by atoms with van der Waals surface area (Å²) >= 11 is 0. The average molecular weight is 518 g/mol. The van der Waals surface area contributed by atoms with Gasteiger partial charge in [0.1, 0.15) is 0 Å². The van der Waals surface area contributed by atoms with E-state index < -0.39 is 0 Å². The lowest BCUT2D eigenvalue weighted by Gasteiger charge is -2.36. The number of hydrogen-bond donors (Lipinski definition) is 0. The molecule has 2 aliphatic rings. The summed E-state index contributed by atoms with van der Waals surface area (Å²) in [7, 11) is 0. The smallest absolute Gasteiger partial charge is 0.257 e. The second-order valence-corrected chi connectivity index (χ2v) is 10.8. The van der Waals surface area contributed by atoms with Gasteiger partial charge in [0.05, 0.1) is 12.1 Å². The molecule has 0 bridgehead atoms. The molecule has 1 aliphatic heterocycles. The van der Waals surface area contributed by atoms with E-state index in [-0.39, 0.29) is 0 Å². The maximum Gasteiger partial charge on any atom is 0.257 e. The Morgan fingerprint density at radius 3 is 2.54 bits per heavy atom. The molecule has 39 heavy (non-hydrogen) atoms. The molecule has 2 aromatic heterocycles. The number of anilines is 1. The van der Waals surface area contributed by atoms with Gasteiger partial charge in [0.25, 0.3) is 5.89 Å². The molecule has 6 rings (SSSR count). The van der Waals surface area contributed by atoms with Crippen LogP contribution in [0.2, 0.25) is 0 Å². The van der Waals surface area contributed by atoms with Crippen molar-refractivity contribution in [3.05, 3.63) is 102 Å². The van der Waals surface area contributed by atoms with Gasteiger partial charge in [-0.2, -0.15) is 4.98 Å². The minimum atomic E-state index is 0.501. The first-order chi connectivity index (χ1) is 19.0. The number of nitrogens with zero attached hydrogens (tertiary/aromatic N) is 5. The Bertz CT molecular complexity index is 1540. The van der Waals surface area contributed by atoms with Gasteiger partial charge in [0.15, 0.2) is 5.82 Å². The van der Waals surface area contributed by atoms with E-state index in [4.69, 9.17) is 9.51 Å². The summed E-state index contributed by atoms with van der Waals surface area (Å²) in [6, 6.07) is 17.2. The molecule has 1 fully saturated rings. The first-order valence-electron chi connectivity index (χ1n) is 13.9. The van der Waals surface area contributed by atoms with Crippen LogP contribution in [0.4, 0.5) is 5.69 Å². The lowest BCUT2D eigenvalue weighted by molar-refractivity contribution is 0.240. The molecule has 6 heteroatoms. The lowest BCUT2D eigenvalue weighted by atomic mass is 10.0. The van der Waals surface area contributed by atoms with Crippen LogP contribution in [-0.2, 0) is 6.54 Å². The number of benzene rings is 2. The van der Waals surface area contributed by atoms with Crippen LogP contribution >= 0.6 is 0 Å². The Hall–Kier alpha value is -4.03. The molecule has 0 amide bonds. The highest BCUT2D eigenvalue weighted by Crippen LogP contribution is 2.31. The van der Waals surface area contributed by atoms with Crippen LogP contribution in [0.3, 0.4) is 0 Å². The van der Waals surface area contributed by atoms with Crippen LogP contribution in [0.5, 0.6) is 0 Å². The third-order valence-electron chi connectivity index (χ3n) is 7.74. The van der Waals surface area contributed by atoms with Gasteiger partial charge in [-0.3, -0.25) is 9.88 Å². The third-order valence-corrected chi connectivity index (χ3v) is 7.74. The van der Waals surface area contributed by atoms with E-state index in [2.05, 4.69) is 107 Å². The van der Waals surface area contributed by atoms with Crippen LogP contribution in [-0.4, -0.2) is 46.2 Å². The van der Waals surface area contributed by atoms with E-state index in [0.717, 1.165) is 55.9 Å². The zero-order chi connectivity index (χ0) is 26.8. The molecule has 0 atom stereocenters. The molecular formula is C33H35N5O. The standard InChI is InChI=1S/C33H35N5O/c1-23(2)25-9-11-27(12-10-25)33-35-32(36-39-33)22-37-17-19-38(20-18-37)31-15-16-34-30-21-28(13-14-29(30)31)26-6-4-5-24(3)7-8-26/h4,6,8-16,21,23H,3,5,7,17-20,22H2,1-2H3. The molecule has 1 aliphatic carbocycles. The second-order valence-electron chi connectivity index (χ2n) is 10.8. The Labute approximate surface area is 230 Å². The quantitative estimate of drug-likeness (QED) is 0.256. The Balaban J connectivity index is 1.11. The summed E-state index contributed by atoms with van der Waals surface area (Å²) in [4.78, 5) is 14.2. The molecule has 1 saturated heterocycles. The van der Waals surface area contributed by atoms with Crippen molar-refractivity contribution < 1.29 is 4.52 Å². The summed E-state index contributed by atoms with van der Waals surface area (Å²) in [5.74, 6) is 1.82. The van der Waals surface area contributed by atoms with Crippen LogP contribution in [0, 0.1) is 0 Å². The molecule has 0 saturated carbocycles. The predicted molar refractivity (Wildman–Crippen MR) is 159 cm³/mol. The van der Waals surface area contributed by atoms with Gasteiger partial charge in [-0.05, 0) is 59.7 Å². The van der Waals surface area contributed by atoms with Crippen LogP contribution < -0.4 is 4.90 Å². The summed E-state index contributed by atoms with van der Waals surface area (Å²) in [5, 5.41) is 5.45. The van der Waals surface area contributed by atoms with Crippen molar-refractivity contribution in [1.29, 1.82) is 0 Å². The van der Waals surface area contributed by atoms with Gasteiger partial charge in [-0.25, -0.2) is 0 Å². The van der Waals surface area contributed by atoms with Crippen molar-refractivity contribution in [2.75, 3.05) is 31.1 Å². The molecule has 0 radical (unpaired) electrons. The number of pyridine rings is 1. The normalized spacial score (nSPS) is 16.6. The van der Waals surface area contributed by atoms with Gasteiger partial charge >= 0.3 is 0 Å². The van der Waals surface area contributed by atoms with E-state index >= 15 is 0 Å². The number of rotatable bonds is 6. The Kier molecular flexibility index (Phi) is 7.12. The van der Waals surface area contributed by atoms with Crippen molar-refractivity contribution in [3.63, 3.8) is 0 Å². The average Bonchev–Trinajstić information content (AvgIpc) is 3.32. The topological polar surface area (TPSA) is 58.3 Å². The van der Waals surface area contributed by atoms with Crippen LogP contribution in [0.25, 0.3) is 27.9 Å². The number of hydrogen-bond acceptors (Lipinski definition) is 6. The monoisotopic (exact) mass is 517 g/mol. The van der Waals surface area contributed by atoms with Gasteiger partial charge in [0, 0.05) is 49.0 Å². The van der Waals surface area contributed by atoms with E-state index in [0.29, 0.717) is 18.4 Å². The minimum Gasteiger partial charge on any atom is -0.368 e. The summed E-state index contributed by atoms with van der Waals surface area (Å²) in [6.45, 7) is 13.0. The van der Waals surface area contributed by atoms with Crippen molar-refractivity contribution >= 4 is 22.2 Å². The van der Waals surface area contributed by atoms with Crippen molar-refractivity contribution in [3.8, 4) is 11.5 Å². The lowest BCUT2D eigenvalue weighted by Crippen LogP contribution is -2.46. The molecule has 2 aromatic carbocycles. The molecule has 3 heterocycles. The SMILES string of the molecule is C=C1CC=CC(c2ccc3c(N4CCN(Cc5noc(-c6ccc(C(C)C)cc6)n5)CC4)ccnc3c2)=CC1. The van der Waals surface area contributed by atoms with Gasteiger partial charge < -0.3 is 9.42 Å². The summed E-state index contributed by atoms with van der Waals surface area (Å²) in [5.41, 5.74) is 8.25. The first-order valence-corrected chi connectivity index (χ1v) is 13.9. The maximum atomic E-state index is 5.58. The molecule has 0 N–H and O–H groups in total. The highest BCUT2D eigenvalue weighted by Gasteiger charge is 2.21. The molecule has 0 spiro atoms. The van der Waals surface area contributed by atoms with E-state index in [9.17, 15) is 0 Å². The third kappa shape index (κ3) is 5.57. The summed E-state index contributed by atoms with van der Waals surface area (Å²) < 4.78 is 5.58. The minimum absolute atomic E-state index is 0.501. The first kappa shape index (κ1) is 25.3. The van der Waals surface area contributed by atoms with Gasteiger partial charge in [0.2, 0.25) is 0 Å². The van der Waals surface area contributed by atoms with E-state index in [1.165, 1.54) is 33.3 Å². The predicted octanol–water partition coefficient (Wildman–Crippen LogP) is 7.02. The zero-order valence-electron chi connectivity index (χ0n) is 22.8. The Morgan fingerprint density at radius 2 is 1.74 bits per heavy atom. The zero-order valence-corrected chi connectivity index (χ0v) is 22.8. The van der Waals surface area contributed by atoms with E-state index in [1.54, 1.807) is 0 Å². The van der Waals surface area contributed by atoms with Crippen molar-refractivity contribution in [2.45, 2.75) is 39.2 Å². The number of fused-ring (bicyclic) bond motifs is 1. The van der Waals surface area contributed by atoms with Gasteiger partial charge in [-0.15, -0.1) is 0 Å². The highest BCUT2D eigenvalue weighted by atomic mass is 16.5. The number of piperazine rings is 1. The molecule has 198 valence electrons. The Morgan fingerprint density at radius 1 is 0.949 bits per heavy atom. The number of aromatic nitrogens is 3. The fraction of sp³-hybridized carbons (Fsp3) is 0.303. The molecule has 4 aromatic rings. The van der Waals surface area contributed by atoms with Gasteiger partial charge in [-0.1, -0.05) is 73.6 Å². The molecule has 6 nitrogen and oxygen atoms in total. The fourth-order valence-electron chi connectivity index (χ4n) is 5.35. The largest absolute Gasteiger partial charge is 0.368 e. The maximum absolute atomic E-state index is 5.58. The van der Waals surface area contributed by atoms with Crippen LogP contribution in [0.1, 0.15) is 49.6 Å². The van der Waals surface area contributed by atoms with Crippen LogP contribution in [0.15, 0.2) is 89.6 Å². The van der Waals surface area contributed by atoms with E-state index in [1.807, 2.05) is 6.20 Å². The highest BCUT2D eigenvalue weighted by molar-refractivity contribution is 5.94. The molecule has 0 unspecified atom stereocenters. The van der Waals surface area contributed by atoms with Crippen molar-refractivity contribution in [1.82, 2.24) is 20.0 Å².